The topological polar surface area (TPSA) is 115 Å². The van der Waals surface area contributed by atoms with Crippen LogP contribution in [0.15, 0.2) is 18.2 Å². The third-order valence-electron chi connectivity index (χ3n) is 7.29. The number of methoxy groups -OCH3 is 1. The van der Waals surface area contributed by atoms with Gasteiger partial charge < -0.3 is 25.0 Å². The van der Waals surface area contributed by atoms with Crippen LogP contribution in [0.2, 0.25) is 0 Å². The largest absolute Gasteiger partial charge is 0.497 e. The Labute approximate surface area is 187 Å². The van der Waals surface area contributed by atoms with E-state index in [4.69, 9.17) is 4.74 Å². The van der Waals surface area contributed by atoms with E-state index < -0.39 is 21.5 Å². The first-order valence-corrected chi connectivity index (χ1v) is 12.9. The van der Waals surface area contributed by atoms with Crippen molar-refractivity contribution in [3.8, 4) is 5.75 Å². The maximum absolute atomic E-state index is 13.3. The van der Waals surface area contributed by atoms with E-state index >= 15 is 0 Å². The molecule has 9 nitrogen and oxygen atoms in total. The minimum absolute atomic E-state index is 0.153. The van der Waals surface area contributed by atoms with Gasteiger partial charge in [0.15, 0.2) is 0 Å². The number of ether oxygens (including phenoxy) is 1. The third-order valence-corrected chi connectivity index (χ3v) is 8.49. The smallest absolute Gasteiger partial charge is 0.318 e. The number of hydrogen-bond acceptors (Lipinski definition) is 5. The van der Waals surface area contributed by atoms with Crippen LogP contribution in [-0.4, -0.2) is 79.4 Å². The molecule has 1 saturated carbocycles. The van der Waals surface area contributed by atoms with Gasteiger partial charge >= 0.3 is 6.03 Å². The van der Waals surface area contributed by atoms with Crippen LogP contribution in [0.4, 0.5) is 4.79 Å². The lowest BCUT2D eigenvalue weighted by atomic mass is 9.70. The fraction of sp³-hybridized carbons (Fsp3) is 0.591. The Morgan fingerprint density at radius 2 is 2.00 bits per heavy atom. The molecule has 1 atom stereocenters. The molecule has 0 unspecified atom stereocenters. The second-order valence-electron chi connectivity index (χ2n) is 9.39. The molecule has 2 aromatic rings. The number of aliphatic hydroxyl groups excluding tert-OH is 1. The van der Waals surface area contributed by atoms with Crippen LogP contribution in [0.5, 0.6) is 5.75 Å². The summed E-state index contributed by atoms with van der Waals surface area (Å²) in [4.78, 5) is 18.4. The van der Waals surface area contributed by atoms with Crippen molar-refractivity contribution in [2.24, 2.45) is 0 Å². The van der Waals surface area contributed by atoms with E-state index in [0.29, 0.717) is 25.4 Å². The fourth-order valence-electron chi connectivity index (χ4n) is 5.67. The Kier molecular flexibility index (Phi) is 5.14. The standard InChI is InChI=1S/C22H30N4O5S/c1-31-15-7-8-16-17(9-15)24-20-18(10-27)26(21(28)23-14-5-3-4-6-14)13-22(19(16)20)11-25(12-22)32(2,29)30/h7-9,14,18,24,27H,3-6,10-13H2,1-2H3,(H,23,28)/t18-/m1/s1. The third kappa shape index (κ3) is 3.36. The number of benzene rings is 1. The molecule has 1 aromatic carbocycles. The molecule has 1 aromatic heterocycles. The van der Waals surface area contributed by atoms with E-state index in [1.165, 1.54) is 10.6 Å². The highest BCUT2D eigenvalue weighted by Gasteiger charge is 2.56. The van der Waals surface area contributed by atoms with Gasteiger partial charge in [-0.25, -0.2) is 17.5 Å². The minimum Gasteiger partial charge on any atom is -0.497 e. The second kappa shape index (κ2) is 7.64. The number of urea groups is 1. The predicted molar refractivity (Wildman–Crippen MR) is 120 cm³/mol. The van der Waals surface area contributed by atoms with Crippen molar-refractivity contribution in [3.05, 3.63) is 29.5 Å². The Balaban J connectivity index is 1.58. The van der Waals surface area contributed by atoms with Crippen LogP contribution in [-0.2, 0) is 15.4 Å². The molecular formula is C22H30N4O5S. The molecule has 3 aliphatic rings. The van der Waals surface area contributed by atoms with Crippen LogP contribution in [0.3, 0.4) is 0 Å². The first kappa shape index (κ1) is 21.5. The lowest BCUT2D eigenvalue weighted by Gasteiger charge is -2.55. The van der Waals surface area contributed by atoms with E-state index in [2.05, 4.69) is 10.3 Å². The van der Waals surface area contributed by atoms with Crippen LogP contribution in [0.1, 0.15) is 43.0 Å². The molecule has 5 rings (SSSR count). The summed E-state index contributed by atoms with van der Waals surface area (Å²) in [5, 5.41) is 14.4. The highest BCUT2D eigenvalue weighted by molar-refractivity contribution is 7.88. The van der Waals surface area contributed by atoms with Crippen LogP contribution < -0.4 is 10.1 Å². The molecule has 3 N–H and O–H groups in total. The van der Waals surface area contributed by atoms with E-state index in [9.17, 15) is 18.3 Å². The number of nitrogens with one attached hydrogen (secondary N) is 2. The number of aromatic amines is 1. The normalized spacial score (nSPS) is 23.3. The van der Waals surface area contributed by atoms with Gasteiger partial charge in [0.2, 0.25) is 10.0 Å². The van der Waals surface area contributed by atoms with Crippen molar-refractivity contribution >= 4 is 27.0 Å². The summed E-state index contributed by atoms with van der Waals surface area (Å²) in [7, 11) is -1.73. The summed E-state index contributed by atoms with van der Waals surface area (Å²) in [6.07, 6.45) is 5.36. The molecule has 1 spiro atoms. The lowest BCUT2D eigenvalue weighted by molar-refractivity contribution is 0.0503. The lowest BCUT2D eigenvalue weighted by Crippen LogP contribution is -2.68. The Bertz CT molecular complexity index is 1150. The number of sulfonamides is 1. The van der Waals surface area contributed by atoms with Crippen molar-refractivity contribution in [2.45, 2.75) is 43.2 Å². The van der Waals surface area contributed by atoms with Crippen molar-refractivity contribution < 1.29 is 23.1 Å². The number of aromatic nitrogens is 1. The van der Waals surface area contributed by atoms with Gasteiger partial charge in [-0.15, -0.1) is 0 Å². The highest BCUT2D eigenvalue weighted by atomic mass is 32.2. The van der Waals surface area contributed by atoms with Crippen LogP contribution in [0.25, 0.3) is 10.9 Å². The van der Waals surface area contributed by atoms with Gasteiger partial charge in [-0.3, -0.25) is 0 Å². The summed E-state index contributed by atoms with van der Waals surface area (Å²) in [5.74, 6) is 0.702. The van der Waals surface area contributed by atoms with Crippen molar-refractivity contribution in [3.63, 3.8) is 0 Å². The quantitative estimate of drug-likeness (QED) is 0.640. The number of carbonyl (C=O) groups excluding carboxylic acids is 1. The van der Waals surface area contributed by atoms with E-state index in [1.54, 1.807) is 12.0 Å². The zero-order chi connectivity index (χ0) is 22.7. The summed E-state index contributed by atoms with van der Waals surface area (Å²) in [6, 6.07) is 5.17. The first-order chi connectivity index (χ1) is 15.3. The summed E-state index contributed by atoms with van der Waals surface area (Å²) < 4.78 is 31.2. The van der Waals surface area contributed by atoms with Gasteiger partial charge in [-0.05, 0) is 30.5 Å². The Morgan fingerprint density at radius 1 is 1.28 bits per heavy atom. The Morgan fingerprint density at radius 3 is 2.62 bits per heavy atom. The van der Waals surface area contributed by atoms with Gasteiger partial charge in [-0.2, -0.15) is 0 Å². The molecule has 0 bridgehead atoms. The average Bonchev–Trinajstić information content (AvgIpc) is 3.37. The highest BCUT2D eigenvalue weighted by Crippen LogP contribution is 2.49. The first-order valence-electron chi connectivity index (χ1n) is 11.1. The molecule has 3 heterocycles. The molecule has 2 amide bonds. The van der Waals surface area contributed by atoms with Crippen molar-refractivity contribution in [1.29, 1.82) is 0 Å². The van der Waals surface area contributed by atoms with Gasteiger partial charge in [0.05, 0.1) is 26.0 Å². The molecule has 32 heavy (non-hydrogen) atoms. The zero-order valence-electron chi connectivity index (χ0n) is 18.4. The van der Waals surface area contributed by atoms with Crippen LogP contribution in [0, 0.1) is 0 Å². The maximum atomic E-state index is 13.3. The molecule has 1 aliphatic carbocycles. The van der Waals surface area contributed by atoms with E-state index in [1.807, 2.05) is 18.2 Å². The van der Waals surface area contributed by atoms with Crippen molar-refractivity contribution in [1.82, 2.24) is 19.5 Å². The van der Waals surface area contributed by atoms with Gasteiger partial charge in [0, 0.05) is 53.8 Å². The second-order valence-corrected chi connectivity index (χ2v) is 11.4. The number of hydrogen-bond donors (Lipinski definition) is 3. The van der Waals surface area contributed by atoms with Gasteiger partial charge in [0.1, 0.15) is 5.75 Å². The van der Waals surface area contributed by atoms with E-state index in [-0.39, 0.29) is 18.7 Å². The monoisotopic (exact) mass is 462 g/mol. The number of rotatable bonds is 4. The van der Waals surface area contributed by atoms with Crippen molar-refractivity contribution in [2.75, 3.05) is 39.6 Å². The molecule has 174 valence electrons. The molecular weight excluding hydrogens is 432 g/mol. The number of carbonyl (C=O) groups is 1. The molecule has 10 heteroatoms. The van der Waals surface area contributed by atoms with E-state index in [0.717, 1.165) is 47.8 Å². The predicted octanol–water partition coefficient (Wildman–Crippen LogP) is 1.69. The molecule has 2 fully saturated rings. The molecule has 1 saturated heterocycles. The number of nitrogens with zero attached hydrogens (tertiary/aromatic N) is 2. The SMILES string of the molecule is COc1ccc2c3c([nH]c2c1)[C@@H](CO)N(C(=O)NC1CCCC1)CC31CN(S(C)(=O)=O)C1. The molecule has 2 aliphatic heterocycles. The average molecular weight is 463 g/mol. The summed E-state index contributed by atoms with van der Waals surface area (Å²) >= 11 is 0. The molecule has 0 radical (unpaired) electrons. The zero-order valence-corrected chi connectivity index (χ0v) is 19.2. The minimum atomic E-state index is -3.33. The van der Waals surface area contributed by atoms with Crippen LogP contribution >= 0.6 is 0 Å². The number of aliphatic hydroxyl groups is 1. The van der Waals surface area contributed by atoms with Gasteiger partial charge in [0.25, 0.3) is 0 Å². The number of amides is 2. The number of H-pyrrole nitrogens is 1. The summed E-state index contributed by atoms with van der Waals surface area (Å²) in [5.41, 5.74) is 2.10. The Hall–Kier alpha value is -2.30. The number of fused-ring (bicyclic) bond motifs is 4. The summed E-state index contributed by atoms with van der Waals surface area (Å²) in [6.45, 7) is 0.752. The fourth-order valence-corrected chi connectivity index (χ4v) is 6.63. The van der Waals surface area contributed by atoms with Gasteiger partial charge in [-0.1, -0.05) is 12.8 Å². The maximum Gasteiger partial charge on any atom is 0.318 e.